The van der Waals surface area contributed by atoms with Gasteiger partial charge in [0.1, 0.15) is 6.04 Å². The number of rotatable bonds is 3. The fourth-order valence-corrected chi connectivity index (χ4v) is 1.63. The maximum Gasteiger partial charge on any atom is 0.320 e. The molecular weight excluding hydrogens is 214 g/mol. The van der Waals surface area contributed by atoms with Crippen molar-refractivity contribution in [1.29, 1.82) is 5.26 Å². The SMILES string of the molecule is Cc1ccc(NC(=O)NC(C#N)C2CC2)cc1. The van der Waals surface area contributed by atoms with E-state index in [0.29, 0.717) is 5.92 Å². The molecule has 0 aliphatic heterocycles. The number of urea groups is 1. The molecule has 0 heterocycles. The van der Waals surface area contributed by atoms with E-state index in [1.165, 1.54) is 0 Å². The number of carbonyl (C=O) groups excluding carboxylic acids is 1. The number of amides is 2. The van der Waals surface area contributed by atoms with Crippen molar-refractivity contribution < 1.29 is 4.79 Å². The third-order valence-electron chi connectivity index (χ3n) is 2.83. The number of aryl methyl sites for hydroxylation is 1. The van der Waals surface area contributed by atoms with Crippen LogP contribution in [0.25, 0.3) is 0 Å². The van der Waals surface area contributed by atoms with Crippen molar-refractivity contribution >= 4 is 11.7 Å². The van der Waals surface area contributed by atoms with Crippen LogP contribution in [0.1, 0.15) is 18.4 Å². The predicted octanol–water partition coefficient (Wildman–Crippen LogP) is 2.42. The summed E-state index contributed by atoms with van der Waals surface area (Å²) in [5.41, 5.74) is 1.88. The Morgan fingerprint density at radius 2 is 2.06 bits per heavy atom. The quantitative estimate of drug-likeness (QED) is 0.836. The minimum atomic E-state index is -0.361. The van der Waals surface area contributed by atoms with Gasteiger partial charge in [0.15, 0.2) is 0 Å². The molecular formula is C13H15N3O. The highest BCUT2D eigenvalue weighted by atomic mass is 16.2. The summed E-state index contributed by atoms with van der Waals surface area (Å²) in [5.74, 6) is 0.337. The van der Waals surface area contributed by atoms with Gasteiger partial charge in [-0.15, -0.1) is 0 Å². The minimum absolute atomic E-state index is 0.313. The number of benzene rings is 1. The average molecular weight is 229 g/mol. The van der Waals surface area contributed by atoms with Crippen LogP contribution >= 0.6 is 0 Å². The van der Waals surface area contributed by atoms with Gasteiger partial charge in [-0.2, -0.15) is 5.26 Å². The van der Waals surface area contributed by atoms with Crippen molar-refractivity contribution in [2.24, 2.45) is 5.92 Å². The Hall–Kier alpha value is -2.02. The number of hydrogen-bond donors (Lipinski definition) is 2. The zero-order valence-electron chi connectivity index (χ0n) is 9.73. The van der Waals surface area contributed by atoms with Gasteiger partial charge >= 0.3 is 6.03 Å². The molecule has 0 bridgehead atoms. The smallest absolute Gasteiger partial charge is 0.320 e. The second kappa shape index (κ2) is 4.88. The Morgan fingerprint density at radius 1 is 1.41 bits per heavy atom. The minimum Gasteiger partial charge on any atom is -0.322 e. The summed E-state index contributed by atoms with van der Waals surface area (Å²) in [6.07, 6.45) is 2.06. The van der Waals surface area contributed by atoms with E-state index in [1.54, 1.807) is 0 Å². The summed E-state index contributed by atoms with van der Waals surface area (Å²) >= 11 is 0. The van der Waals surface area contributed by atoms with E-state index in [2.05, 4.69) is 16.7 Å². The normalized spacial score (nSPS) is 15.8. The maximum absolute atomic E-state index is 11.6. The van der Waals surface area contributed by atoms with Crippen LogP contribution < -0.4 is 10.6 Å². The van der Waals surface area contributed by atoms with Crippen molar-refractivity contribution in [1.82, 2.24) is 5.32 Å². The van der Waals surface area contributed by atoms with Crippen LogP contribution in [-0.2, 0) is 0 Å². The van der Waals surface area contributed by atoms with E-state index in [-0.39, 0.29) is 12.1 Å². The number of hydrogen-bond acceptors (Lipinski definition) is 2. The molecule has 1 saturated carbocycles. The lowest BCUT2D eigenvalue weighted by atomic mass is 10.2. The van der Waals surface area contributed by atoms with Gasteiger partial charge in [-0.25, -0.2) is 4.79 Å². The predicted molar refractivity (Wildman–Crippen MR) is 65.5 cm³/mol. The van der Waals surface area contributed by atoms with Crippen LogP contribution in [0, 0.1) is 24.2 Å². The van der Waals surface area contributed by atoms with E-state index in [0.717, 1.165) is 24.1 Å². The van der Waals surface area contributed by atoms with Crippen LogP contribution in [-0.4, -0.2) is 12.1 Å². The van der Waals surface area contributed by atoms with E-state index in [9.17, 15) is 4.79 Å². The molecule has 88 valence electrons. The lowest BCUT2D eigenvalue weighted by Gasteiger charge is -2.11. The molecule has 1 atom stereocenters. The first-order valence-electron chi connectivity index (χ1n) is 5.73. The van der Waals surface area contributed by atoms with Crippen LogP contribution in [0.3, 0.4) is 0 Å². The molecule has 1 aliphatic rings. The van der Waals surface area contributed by atoms with E-state index < -0.39 is 0 Å². The molecule has 4 nitrogen and oxygen atoms in total. The number of nitrogens with one attached hydrogen (secondary N) is 2. The van der Waals surface area contributed by atoms with Gasteiger partial charge in [-0.3, -0.25) is 0 Å². The molecule has 1 aromatic rings. The molecule has 0 radical (unpaired) electrons. The van der Waals surface area contributed by atoms with Gasteiger partial charge in [-0.05, 0) is 37.8 Å². The van der Waals surface area contributed by atoms with Crippen molar-refractivity contribution in [2.75, 3.05) is 5.32 Å². The van der Waals surface area contributed by atoms with E-state index in [4.69, 9.17) is 5.26 Å². The summed E-state index contributed by atoms with van der Waals surface area (Å²) in [4.78, 5) is 11.6. The Kier molecular flexibility index (Phi) is 3.29. The highest BCUT2D eigenvalue weighted by molar-refractivity contribution is 5.89. The van der Waals surface area contributed by atoms with Gasteiger partial charge in [0.2, 0.25) is 0 Å². The second-order valence-electron chi connectivity index (χ2n) is 4.41. The van der Waals surface area contributed by atoms with Gasteiger partial charge < -0.3 is 10.6 Å². The Balaban J connectivity index is 1.88. The molecule has 4 heteroatoms. The molecule has 1 aromatic carbocycles. The van der Waals surface area contributed by atoms with Crippen molar-refractivity contribution in [3.63, 3.8) is 0 Å². The van der Waals surface area contributed by atoms with Crippen LogP contribution in [0.4, 0.5) is 10.5 Å². The number of anilines is 1. The first-order chi connectivity index (χ1) is 8.19. The molecule has 17 heavy (non-hydrogen) atoms. The highest BCUT2D eigenvalue weighted by Gasteiger charge is 2.32. The number of carbonyl (C=O) groups is 1. The third kappa shape index (κ3) is 3.22. The number of nitrogens with zero attached hydrogens (tertiary/aromatic N) is 1. The number of nitriles is 1. The van der Waals surface area contributed by atoms with Gasteiger partial charge in [0, 0.05) is 5.69 Å². The summed E-state index contributed by atoms with van der Waals surface area (Å²) in [5, 5.41) is 14.3. The molecule has 1 unspecified atom stereocenters. The summed E-state index contributed by atoms with van der Waals surface area (Å²) in [6.45, 7) is 1.99. The van der Waals surface area contributed by atoms with Crippen molar-refractivity contribution in [3.05, 3.63) is 29.8 Å². The van der Waals surface area contributed by atoms with E-state index >= 15 is 0 Å². The molecule has 2 N–H and O–H groups in total. The lowest BCUT2D eigenvalue weighted by Crippen LogP contribution is -2.38. The van der Waals surface area contributed by atoms with Crippen LogP contribution in [0.5, 0.6) is 0 Å². The molecule has 2 rings (SSSR count). The molecule has 0 aromatic heterocycles. The average Bonchev–Trinajstić information content (AvgIpc) is 3.13. The molecule has 2 amide bonds. The second-order valence-corrected chi connectivity index (χ2v) is 4.41. The molecule has 0 saturated heterocycles. The van der Waals surface area contributed by atoms with E-state index in [1.807, 2.05) is 31.2 Å². The lowest BCUT2D eigenvalue weighted by molar-refractivity contribution is 0.249. The molecule has 1 aliphatic carbocycles. The standard InChI is InChI=1S/C13H15N3O/c1-9-2-6-11(7-3-9)15-13(17)16-12(8-14)10-4-5-10/h2-3,6-7,10,12H,4-5H2,1H3,(H2,15,16,17). The first kappa shape index (κ1) is 11.5. The molecule has 0 spiro atoms. The van der Waals surface area contributed by atoms with Crippen molar-refractivity contribution in [2.45, 2.75) is 25.8 Å². The van der Waals surface area contributed by atoms with Crippen LogP contribution in [0.2, 0.25) is 0 Å². The van der Waals surface area contributed by atoms with Crippen molar-refractivity contribution in [3.8, 4) is 6.07 Å². The Morgan fingerprint density at radius 3 is 2.59 bits per heavy atom. The fraction of sp³-hybridized carbons (Fsp3) is 0.385. The first-order valence-corrected chi connectivity index (χ1v) is 5.73. The topological polar surface area (TPSA) is 64.9 Å². The summed E-state index contributed by atoms with van der Waals surface area (Å²) in [7, 11) is 0. The zero-order chi connectivity index (χ0) is 12.3. The fourth-order valence-electron chi connectivity index (χ4n) is 1.63. The van der Waals surface area contributed by atoms with Gasteiger partial charge in [0.25, 0.3) is 0 Å². The van der Waals surface area contributed by atoms with Crippen LogP contribution in [0.15, 0.2) is 24.3 Å². The Bertz CT molecular complexity index is 443. The monoisotopic (exact) mass is 229 g/mol. The summed E-state index contributed by atoms with van der Waals surface area (Å²) in [6, 6.07) is 8.98. The molecule has 1 fully saturated rings. The summed E-state index contributed by atoms with van der Waals surface area (Å²) < 4.78 is 0. The Labute approximate surface area is 101 Å². The largest absolute Gasteiger partial charge is 0.322 e. The highest BCUT2D eigenvalue weighted by Crippen LogP contribution is 2.32. The van der Waals surface area contributed by atoms with Gasteiger partial charge in [-0.1, -0.05) is 17.7 Å². The van der Waals surface area contributed by atoms with Gasteiger partial charge in [0.05, 0.1) is 6.07 Å². The maximum atomic E-state index is 11.6. The zero-order valence-corrected chi connectivity index (χ0v) is 9.73. The third-order valence-corrected chi connectivity index (χ3v) is 2.83.